The van der Waals surface area contributed by atoms with Crippen LogP contribution >= 0.6 is 0 Å². The summed E-state index contributed by atoms with van der Waals surface area (Å²) in [6.45, 7) is 5.52. The first-order valence-electron chi connectivity index (χ1n) is 6.38. The van der Waals surface area contributed by atoms with Crippen LogP contribution in [0.3, 0.4) is 0 Å². The molecule has 0 bridgehead atoms. The van der Waals surface area contributed by atoms with Gasteiger partial charge in [-0.2, -0.15) is 0 Å². The first kappa shape index (κ1) is 15.4. The molecule has 0 aliphatic rings. The van der Waals surface area contributed by atoms with Crippen molar-refractivity contribution in [3.8, 4) is 0 Å². The molecule has 0 saturated carbocycles. The number of aromatic nitrogens is 1. The molecule has 1 aromatic rings. The van der Waals surface area contributed by atoms with E-state index in [9.17, 15) is 4.79 Å². The van der Waals surface area contributed by atoms with Crippen molar-refractivity contribution < 1.29 is 4.79 Å². The molecule has 0 fully saturated rings. The summed E-state index contributed by atoms with van der Waals surface area (Å²) in [7, 11) is 4.00. The molecule has 1 rings (SSSR count). The van der Waals surface area contributed by atoms with E-state index in [0.29, 0.717) is 17.9 Å². The highest BCUT2D eigenvalue weighted by atomic mass is 16.2. The van der Waals surface area contributed by atoms with Crippen LogP contribution in [0.5, 0.6) is 0 Å². The highest BCUT2D eigenvalue weighted by molar-refractivity contribution is 5.95. The van der Waals surface area contributed by atoms with Crippen molar-refractivity contribution in [3.05, 3.63) is 23.9 Å². The summed E-state index contributed by atoms with van der Waals surface area (Å²) in [5.41, 5.74) is 3.04. The molecule has 1 heterocycles. The highest BCUT2D eigenvalue weighted by Crippen LogP contribution is 2.11. The second-order valence-corrected chi connectivity index (χ2v) is 4.78. The second-order valence-electron chi connectivity index (χ2n) is 4.78. The third-order valence-electron chi connectivity index (χ3n) is 2.92. The number of carbonyl (C=O) groups is 1. The van der Waals surface area contributed by atoms with Crippen LogP contribution in [-0.2, 0) is 0 Å². The highest BCUT2D eigenvalue weighted by Gasteiger charge is 2.20. The molecule has 3 N–H and O–H groups in total. The van der Waals surface area contributed by atoms with E-state index in [1.165, 1.54) is 0 Å². The van der Waals surface area contributed by atoms with Crippen molar-refractivity contribution in [2.45, 2.75) is 19.9 Å². The molecular formula is C13H23N5O. The van der Waals surface area contributed by atoms with Gasteiger partial charge in [-0.15, -0.1) is 0 Å². The summed E-state index contributed by atoms with van der Waals surface area (Å²) in [5.74, 6) is 5.79. The van der Waals surface area contributed by atoms with E-state index >= 15 is 0 Å². The lowest BCUT2D eigenvalue weighted by atomic mass is 10.2. The van der Waals surface area contributed by atoms with Gasteiger partial charge in [0.25, 0.3) is 5.91 Å². The van der Waals surface area contributed by atoms with Crippen LogP contribution in [0.4, 0.5) is 5.82 Å². The number of nitrogens with two attached hydrogens (primary N) is 1. The lowest BCUT2D eigenvalue weighted by Gasteiger charge is -2.30. The largest absolute Gasteiger partial charge is 0.335 e. The number of nitrogens with one attached hydrogen (secondary N) is 1. The number of hydrogen-bond donors (Lipinski definition) is 2. The van der Waals surface area contributed by atoms with Crippen LogP contribution in [0, 0.1) is 0 Å². The zero-order valence-corrected chi connectivity index (χ0v) is 12.1. The minimum Gasteiger partial charge on any atom is -0.335 e. The zero-order chi connectivity index (χ0) is 14.4. The number of hydrogen-bond acceptors (Lipinski definition) is 5. The van der Waals surface area contributed by atoms with E-state index in [-0.39, 0.29) is 11.9 Å². The van der Waals surface area contributed by atoms with Crippen LogP contribution in [0.15, 0.2) is 18.3 Å². The average Bonchev–Trinajstić information content (AvgIpc) is 2.38. The maximum absolute atomic E-state index is 12.5. The second kappa shape index (κ2) is 7.06. The molecule has 0 aliphatic carbocycles. The van der Waals surface area contributed by atoms with Crippen LogP contribution in [0.1, 0.15) is 24.2 Å². The van der Waals surface area contributed by atoms with E-state index in [2.05, 4.69) is 15.3 Å². The van der Waals surface area contributed by atoms with Crippen molar-refractivity contribution in [3.63, 3.8) is 0 Å². The van der Waals surface area contributed by atoms with Crippen LogP contribution in [0.2, 0.25) is 0 Å². The molecule has 1 unspecified atom stereocenters. The van der Waals surface area contributed by atoms with Crippen molar-refractivity contribution >= 4 is 11.7 Å². The number of pyridine rings is 1. The summed E-state index contributed by atoms with van der Waals surface area (Å²) < 4.78 is 0. The molecule has 0 aliphatic heterocycles. The average molecular weight is 265 g/mol. The monoisotopic (exact) mass is 265 g/mol. The standard InChI is InChI=1S/C13H23N5O/c1-5-18(10(2)9-17(3)4)13(19)11-6-7-15-12(8-11)16-14/h6-8,10H,5,9,14H2,1-4H3,(H,15,16). The minimum absolute atomic E-state index is 0.00394. The smallest absolute Gasteiger partial charge is 0.254 e. The Labute approximate surface area is 114 Å². The van der Waals surface area contributed by atoms with Crippen LogP contribution in [-0.4, -0.2) is 53.9 Å². The number of amides is 1. The van der Waals surface area contributed by atoms with Crippen molar-refractivity contribution in [1.29, 1.82) is 0 Å². The molecule has 1 amide bonds. The van der Waals surface area contributed by atoms with Crippen molar-refractivity contribution in [2.75, 3.05) is 32.6 Å². The lowest BCUT2D eigenvalue weighted by Crippen LogP contribution is -2.43. The summed E-state index contributed by atoms with van der Waals surface area (Å²) >= 11 is 0. The molecule has 1 atom stereocenters. The number of rotatable bonds is 6. The summed E-state index contributed by atoms with van der Waals surface area (Å²) in [6, 6.07) is 3.51. The molecule has 106 valence electrons. The Hall–Kier alpha value is -1.66. The molecule has 19 heavy (non-hydrogen) atoms. The van der Waals surface area contributed by atoms with E-state index < -0.39 is 0 Å². The lowest BCUT2D eigenvalue weighted by molar-refractivity contribution is 0.0679. The maximum Gasteiger partial charge on any atom is 0.254 e. The van der Waals surface area contributed by atoms with Gasteiger partial charge in [0.15, 0.2) is 0 Å². The van der Waals surface area contributed by atoms with Gasteiger partial charge >= 0.3 is 0 Å². The number of carbonyl (C=O) groups excluding carboxylic acids is 1. The predicted molar refractivity (Wildman–Crippen MR) is 76.8 cm³/mol. The third-order valence-corrected chi connectivity index (χ3v) is 2.92. The fourth-order valence-corrected chi connectivity index (χ4v) is 2.09. The van der Waals surface area contributed by atoms with Crippen molar-refractivity contribution in [2.24, 2.45) is 5.84 Å². The molecule has 1 aromatic heterocycles. The van der Waals surface area contributed by atoms with Gasteiger partial charge < -0.3 is 15.2 Å². The van der Waals surface area contributed by atoms with E-state index in [1.54, 1.807) is 18.3 Å². The first-order chi connectivity index (χ1) is 8.99. The Balaban J connectivity index is 2.88. The number of hydrazine groups is 1. The van der Waals surface area contributed by atoms with Gasteiger partial charge in [0.1, 0.15) is 5.82 Å². The molecule has 0 radical (unpaired) electrons. The maximum atomic E-state index is 12.5. The molecule has 0 saturated heterocycles. The number of anilines is 1. The van der Waals surface area contributed by atoms with Gasteiger partial charge in [-0.25, -0.2) is 10.8 Å². The Bertz CT molecular complexity index is 421. The fraction of sp³-hybridized carbons (Fsp3) is 0.538. The van der Waals surface area contributed by atoms with Gasteiger partial charge in [0.2, 0.25) is 0 Å². The number of nitrogens with zero attached hydrogens (tertiary/aromatic N) is 3. The molecule has 0 spiro atoms. The van der Waals surface area contributed by atoms with E-state index in [0.717, 1.165) is 6.54 Å². The first-order valence-corrected chi connectivity index (χ1v) is 6.38. The molecule has 6 heteroatoms. The van der Waals surface area contributed by atoms with Crippen LogP contribution in [0.25, 0.3) is 0 Å². The Morgan fingerprint density at radius 2 is 2.21 bits per heavy atom. The van der Waals surface area contributed by atoms with E-state index in [4.69, 9.17) is 5.84 Å². The SMILES string of the molecule is CCN(C(=O)c1ccnc(NN)c1)C(C)CN(C)C. The van der Waals surface area contributed by atoms with Gasteiger partial charge in [-0.05, 0) is 40.1 Å². The fourth-order valence-electron chi connectivity index (χ4n) is 2.09. The van der Waals surface area contributed by atoms with Gasteiger partial charge in [-0.1, -0.05) is 0 Å². The molecular weight excluding hydrogens is 242 g/mol. The molecule has 6 nitrogen and oxygen atoms in total. The van der Waals surface area contributed by atoms with Gasteiger partial charge in [0, 0.05) is 30.9 Å². The Morgan fingerprint density at radius 1 is 1.53 bits per heavy atom. The van der Waals surface area contributed by atoms with Gasteiger partial charge in [0.05, 0.1) is 0 Å². The minimum atomic E-state index is -0.00394. The Kier molecular flexibility index (Phi) is 5.72. The van der Waals surface area contributed by atoms with Crippen molar-refractivity contribution in [1.82, 2.24) is 14.8 Å². The predicted octanol–water partition coefficient (Wildman–Crippen LogP) is 0.779. The quantitative estimate of drug-likeness (QED) is 0.587. The number of likely N-dealkylation sites (N-methyl/N-ethyl adjacent to an activating group) is 2. The normalized spacial score (nSPS) is 12.3. The summed E-state index contributed by atoms with van der Waals surface area (Å²) in [5, 5.41) is 0. The van der Waals surface area contributed by atoms with E-state index in [1.807, 2.05) is 32.8 Å². The van der Waals surface area contributed by atoms with Crippen LogP contribution < -0.4 is 11.3 Å². The third kappa shape index (κ3) is 4.18. The number of nitrogen functional groups attached to an aromatic ring is 1. The molecule has 0 aromatic carbocycles. The van der Waals surface area contributed by atoms with Gasteiger partial charge in [-0.3, -0.25) is 4.79 Å². The summed E-state index contributed by atoms with van der Waals surface area (Å²) in [6.07, 6.45) is 1.58. The topological polar surface area (TPSA) is 74.5 Å². The Morgan fingerprint density at radius 3 is 2.74 bits per heavy atom. The summed E-state index contributed by atoms with van der Waals surface area (Å²) in [4.78, 5) is 20.4. The zero-order valence-electron chi connectivity index (χ0n) is 12.1.